The molecule has 0 aromatic carbocycles. The normalized spacial score (nSPS) is 17.4. The summed E-state index contributed by atoms with van der Waals surface area (Å²) in [6, 6.07) is 0. The third-order valence-electron chi connectivity index (χ3n) is 9.66. The molecule has 1 aliphatic rings. The first kappa shape index (κ1) is 47.1. The van der Waals surface area contributed by atoms with Crippen molar-refractivity contribution in [1.29, 1.82) is 0 Å². The molecule has 0 aromatic rings. The van der Waals surface area contributed by atoms with Crippen LogP contribution < -0.4 is 0 Å². The van der Waals surface area contributed by atoms with Crippen molar-refractivity contribution in [2.45, 2.75) is 212 Å². The molecule has 9 heteroatoms. The summed E-state index contributed by atoms with van der Waals surface area (Å²) in [5, 5.41) is 10.8. The van der Waals surface area contributed by atoms with E-state index in [1.165, 1.54) is 116 Å². The van der Waals surface area contributed by atoms with Crippen molar-refractivity contribution in [3.05, 3.63) is 11.5 Å². The summed E-state index contributed by atoms with van der Waals surface area (Å²) in [5.74, 6) is -1.85. The zero-order chi connectivity index (χ0) is 37.6. The third kappa shape index (κ3) is 24.1. The number of carbonyl (C=O) groups excluding carboxylic acids is 3. The van der Waals surface area contributed by atoms with Crippen LogP contribution in [0.5, 0.6) is 0 Å². The summed E-state index contributed by atoms with van der Waals surface area (Å²) in [7, 11) is 3.49. The van der Waals surface area contributed by atoms with Gasteiger partial charge in [-0.15, -0.1) is 0 Å². The lowest BCUT2D eigenvalue weighted by Gasteiger charge is -2.26. The Bertz CT molecular complexity index is 951. The fraction of sp³-hybridized carbons (Fsp3) is 0.881. The van der Waals surface area contributed by atoms with Crippen LogP contribution in [0, 0.1) is 0 Å². The summed E-state index contributed by atoms with van der Waals surface area (Å²) >= 11 is 0. The first-order valence-electron chi connectivity index (χ1n) is 20.9. The van der Waals surface area contributed by atoms with Gasteiger partial charge >= 0.3 is 17.9 Å². The molecule has 0 aliphatic carbocycles. The number of aliphatic hydroxyl groups is 1. The smallest absolute Gasteiger partial charge is 0.320 e. The van der Waals surface area contributed by atoms with Crippen LogP contribution in [0.3, 0.4) is 0 Å². The van der Waals surface area contributed by atoms with Crippen LogP contribution in [0.15, 0.2) is 11.5 Å². The van der Waals surface area contributed by atoms with Crippen molar-refractivity contribution in [3.63, 3.8) is 0 Å². The van der Waals surface area contributed by atoms with Crippen LogP contribution >= 0.6 is 0 Å². The second-order valence-corrected chi connectivity index (χ2v) is 15.2. The molecule has 0 amide bonds. The van der Waals surface area contributed by atoms with E-state index in [1.807, 2.05) is 0 Å². The molecule has 9 nitrogen and oxygen atoms in total. The van der Waals surface area contributed by atoms with Crippen molar-refractivity contribution >= 4 is 17.9 Å². The van der Waals surface area contributed by atoms with E-state index in [0.717, 1.165) is 38.5 Å². The van der Waals surface area contributed by atoms with Gasteiger partial charge in [0.15, 0.2) is 11.4 Å². The van der Waals surface area contributed by atoms with E-state index in [-0.39, 0.29) is 37.5 Å². The molecule has 0 bridgehead atoms. The predicted molar refractivity (Wildman–Crippen MR) is 205 cm³/mol. The molecule has 0 saturated carbocycles. The number of esters is 3. The Hall–Kier alpha value is -1.97. The number of nitrogens with zero attached hydrogens (tertiary/aromatic N) is 1. The molecule has 0 fully saturated rings. The van der Waals surface area contributed by atoms with E-state index in [2.05, 4.69) is 13.8 Å². The van der Waals surface area contributed by atoms with Crippen molar-refractivity contribution in [2.75, 3.05) is 27.2 Å². The minimum absolute atomic E-state index is 0.0531. The maximum absolute atomic E-state index is 13.0. The van der Waals surface area contributed by atoms with Gasteiger partial charge in [-0.1, -0.05) is 168 Å². The van der Waals surface area contributed by atoms with Gasteiger partial charge < -0.3 is 24.1 Å². The summed E-state index contributed by atoms with van der Waals surface area (Å²) < 4.78 is 22.4. The maximum atomic E-state index is 13.0. The van der Waals surface area contributed by atoms with Crippen LogP contribution in [0.4, 0.5) is 0 Å². The molecule has 298 valence electrons. The Morgan fingerprint density at radius 3 is 1.31 bits per heavy atom. The molecule has 0 spiro atoms. The highest BCUT2D eigenvalue weighted by Crippen LogP contribution is 2.38. The first-order chi connectivity index (χ1) is 24.6. The zero-order valence-corrected chi connectivity index (χ0v) is 33.5. The van der Waals surface area contributed by atoms with Gasteiger partial charge in [0.2, 0.25) is 12.0 Å². The largest absolute Gasteiger partial charge is 0.461 e. The molecule has 1 N–H and O–H groups in total. The summed E-state index contributed by atoms with van der Waals surface area (Å²) in [6.45, 7) is 5.80. The number of hydrogen-bond donors (Lipinski definition) is 1. The third-order valence-corrected chi connectivity index (χ3v) is 9.66. The number of unbranched alkanes of at least 4 members (excludes halogenated alkanes) is 24. The highest BCUT2D eigenvalue weighted by Gasteiger charge is 2.49. The highest BCUT2D eigenvalue weighted by molar-refractivity contribution is 5.73. The van der Waals surface area contributed by atoms with Gasteiger partial charge in [0, 0.05) is 12.8 Å². The maximum Gasteiger partial charge on any atom is 0.320 e. The summed E-state index contributed by atoms with van der Waals surface area (Å²) in [5.41, 5.74) is -1.49. The fourth-order valence-corrected chi connectivity index (χ4v) is 6.52. The quantitative estimate of drug-likeness (QED) is 0.0394. The standard InChI is InChI=1S/C42H77NO8/c1-6-8-10-12-14-16-18-20-22-24-26-28-30-32-36(44)49-39-40(42(3,51-41(39)47)35-48-38(46)34-43(4)5)50-37(45)33-31-29-27-25-23-21-19-17-15-13-11-9-7-2/h41,47H,6-35H2,1-5H3/t41-,42?/m1/s1. The monoisotopic (exact) mass is 724 g/mol. The van der Waals surface area contributed by atoms with Gasteiger partial charge in [-0.05, 0) is 33.9 Å². The van der Waals surface area contributed by atoms with E-state index in [4.69, 9.17) is 18.9 Å². The highest BCUT2D eigenvalue weighted by atomic mass is 16.7. The van der Waals surface area contributed by atoms with E-state index in [9.17, 15) is 19.5 Å². The van der Waals surface area contributed by atoms with Crippen LogP contribution in [0.1, 0.15) is 201 Å². The minimum atomic E-state index is -1.63. The Kier molecular flexibility index (Phi) is 28.1. The molecular formula is C42H77NO8. The predicted octanol–water partition coefficient (Wildman–Crippen LogP) is 10.5. The van der Waals surface area contributed by atoms with Gasteiger partial charge in [-0.3, -0.25) is 19.3 Å². The van der Waals surface area contributed by atoms with Crippen LogP contribution in [0.25, 0.3) is 0 Å². The van der Waals surface area contributed by atoms with Crippen molar-refractivity contribution in [3.8, 4) is 0 Å². The SMILES string of the molecule is CCCCCCCCCCCCCCCC(=O)OC1=C(OC(=O)CCCCCCCCCCCCCCC)C(C)(COC(=O)CN(C)C)O[C@H]1O. The number of carbonyl (C=O) groups is 3. The van der Waals surface area contributed by atoms with E-state index in [0.29, 0.717) is 12.8 Å². The van der Waals surface area contributed by atoms with Crippen LogP contribution in [-0.2, 0) is 33.3 Å². The average molecular weight is 724 g/mol. The number of rotatable bonds is 34. The van der Waals surface area contributed by atoms with Gasteiger partial charge in [-0.2, -0.15) is 0 Å². The molecule has 0 aromatic heterocycles. The van der Waals surface area contributed by atoms with E-state index < -0.39 is 29.8 Å². The van der Waals surface area contributed by atoms with Gasteiger partial charge in [0.1, 0.15) is 6.61 Å². The Labute approximate surface area is 311 Å². The Morgan fingerprint density at radius 1 is 0.588 bits per heavy atom. The lowest BCUT2D eigenvalue weighted by atomic mass is 10.0. The molecular weight excluding hydrogens is 646 g/mol. The summed E-state index contributed by atoms with van der Waals surface area (Å²) in [6.07, 6.45) is 30.0. The molecule has 0 radical (unpaired) electrons. The molecule has 0 saturated heterocycles. The van der Waals surface area contributed by atoms with Gasteiger partial charge in [0.25, 0.3) is 0 Å². The molecule has 2 atom stereocenters. The molecule has 1 heterocycles. The lowest BCUT2D eigenvalue weighted by Crippen LogP contribution is -2.38. The minimum Gasteiger partial charge on any atom is -0.461 e. The lowest BCUT2D eigenvalue weighted by molar-refractivity contribution is -0.178. The fourth-order valence-electron chi connectivity index (χ4n) is 6.52. The molecule has 1 unspecified atom stereocenters. The van der Waals surface area contributed by atoms with E-state index >= 15 is 0 Å². The Morgan fingerprint density at radius 2 is 0.941 bits per heavy atom. The number of hydrogen-bond acceptors (Lipinski definition) is 9. The summed E-state index contributed by atoms with van der Waals surface area (Å²) in [4.78, 5) is 39.8. The first-order valence-corrected chi connectivity index (χ1v) is 20.9. The van der Waals surface area contributed by atoms with Gasteiger partial charge in [-0.25, -0.2) is 0 Å². The van der Waals surface area contributed by atoms with Crippen LogP contribution in [-0.4, -0.2) is 67.1 Å². The van der Waals surface area contributed by atoms with Crippen molar-refractivity contribution in [1.82, 2.24) is 4.90 Å². The number of ether oxygens (including phenoxy) is 4. The van der Waals surface area contributed by atoms with Crippen LogP contribution in [0.2, 0.25) is 0 Å². The second-order valence-electron chi connectivity index (χ2n) is 15.2. The Balaban J connectivity index is 2.52. The number of likely N-dealkylation sites (N-methyl/N-ethyl adjacent to an activating group) is 1. The van der Waals surface area contributed by atoms with Crippen molar-refractivity contribution in [2.24, 2.45) is 0 Å². The second kappa shape index (κ2) is 30.5. The van der Waals surface area contributed by atoms with E-state index in [1.54, 1.807) is 25.9 Å². The average Bonchev–Trinajstić information content (AvgIpc) is 3.31. The topological polar surface area (TPSA) is 112 Å². The zero-order valence-electron chi connectivity index (χ0n) is 33.5. The molecule has 1 rings (SSSR count). The molecule has 51 heavy (non-hydrogen) atoms. The van der Waals surface area contributed by atoms with Crippen molar-refractivity contribution < 1.29 is 38.4 Å². The number of aliphatic hydroxyl groups excluding tert-OH is 1. The van der Waals surface area contributed by atoms with Gasteiger partial charge in [0.05, 0.1) is 6.54 Å². The molecule has 1 aliphatic heterocycles.